The van der Waals surface area contributed by atoms with Crippen LogP contribution in [0.15, 0.2) is 18.2 Å². The number of β-amino-alcohol motifs (C(OH)–C–C–N with tert-alkyl or cyclic N) is 1. The summed E-state index contributed by atoms with van der Waals surface area (Å²) < 4.78 is 5.34. The van der Waals surface area contributed by atoms with E-state index in [1.165, 1.54) is 0 Å². The fourth-order valence-corrected chi connectivity index (χ4v) is 2.32. The molecule has 4 nitrogen and oxygen atoms in total. The Balaban J connectivity index is 1.89. The van der Waals surface area contributed by atoms with Crippen LogP contribution in [0.1, 0.15) is 6.42 Å². The van der Waals surface area contributed by atoms with E-state index in [0.29, 0.717) is 35.3 Å². The van der Waals surface area contributed by atoms with Crippen molar-refractivity contribution < 1.29 is 14.6 Å². The maximum atomic E-state index is 11.8. The van der Waals surface area contributed by atoms with Crippen LogP contribution in [0.3, 0.4) is 0 Å². The van der Waals surface area contributed by atoms with Gasteiger partial charge in [0.15, 0.2) is 6.61 Å². The summed E-state index contributed by atoms with van der Waals surface area (Å²) in [6.07, 6.45) is 0.198. The standard InChI is InChI=1S/C12H13Cl2NO3/c13-8-3-9(14)5-11(4-8)18-7-12(17)15-2-1-10(16)6-15/h3-5,10,16H,1-2,6-7H2/t10-/m1/s1. The molecule has 0 radical (unpaired) electrons. The molecule has 0 bridgehead atoms. The number of hydrogen-bond donors (Lipinski definition) is 1. The van der Waals surface area contributed by atoms with Crippen molar-refractivity contribution in [3.8, 4) is 5.75 Å². The van der Waals surface area contributed by atoms with Crippen molar-refractivity contribution in [1.29, 1.82) is 0 Å². The third kappa shape index (κ3) is 3.51. The average molecular weight is 290 g/mol. The lowest BCUT2D eigenvalue weighted by Gasteiger charge is -2.15. The van der Waals surface area contributed by atoms with Crippen molar-refractivity contribution in [2.75, 3.05) is 19.7 Å². The first-order valence-corrected chi connectivity index (χ1v) is 6.35. The zero-order valence-corrected chi connectivity index (χ0v) is 11.1. The van der Waals surface area contributed by atoms with Crippen LogP contribution in [0.5, 0.6) is 5.75 Å². The van der Waals surface area contributed by atoms with Crippen molar-refractivity contribution in [2.45, 2.75) is 12.5 Å². The second kappa shape index (κ2) is 5.78. The van der Waals surface area contributed by atoms with Crippen molar-refractivity contribution in [2.24, 2.45) is 0 Å². The molecule has 1 aromatic rings. The summed E-state index contributed by atoms with van der Waals surface area (Å²) >= 11 is 11.6. The molecule has 0 unspecified atom stereocenters. The topological polar surface area (TPSA) is 49.8 Å². The van der Waals surface area contributed by atoms with Gasteiger partial charge in [-0.2, -0.15) is 0 Å². The van der Waals surface area contributed by atoms with Gasteiger partial charge < -0.3 is 14.7 Å². The monoisotopic (exact) mass is 289 g/mol. The van der Waals surface area contributed by atoms with E-state index in [-0.39, 0.29) is 12.5 Å². The number of rotatable bonds is 3. The Morgan fingerprint density at radius 2 is 2.06 bits per heavy atom. The lowest BCUT2D eigenvalue weighted by atomic mass is 10.3. The van der Waals surface area contributed by atoms with E-state index in [9.17, 15) is 9.90 Å². The SMILES string of the molecule is O=C(COc1cc(Cl)cc(Cl)c1)N1CC[C@@H](O)C1. The highest BCUT2D eigenvalue weighted by Gasteiger charge is 2.24. The highest BCUT2D eigenvalue weighted by Crippen LogP contribution is 2.24. The van der Waals surface area contributed by atoms with Crippen LogP contribution in [-0.2, 0) is 4.79 Å². The highest BCUT2D eigenvalue weighted by atomic mass is 35.5. The number of halogens is 2. The van der Waals surface area contributed by atoms with Crippen LogP contribution in [-0.4, -0.2) is 41.7 Å². The van der Waals surface area contributed by atoms with Gasteiger partial charge in [0.05, 0.1) is 6.10 Å². The number of carbonyl (C=O) groups excluding carboxylic acids is 1. The molecule has 1 aromatic carbocycles. The molecule has 1 saturated heterocycles. The molecule has 0 saturated carbocycles. The van der Waals surface area contributed by atoms with Gasteiger partial charge in [0.1, 0.15) is 5.75 Å². The Morgan fingerprint density at radius 1 is 1.39 bits per heavy atom. The van der Waals surface area contributed by atoms with E-state index in [1.54, 1.807) is 23.1 Å². The summed E-state index contributed by atoms with van der Waals surface area (Å²) in [6.45, 7) is 0.863. The van der Waals surface area contributed by atoms with Gasteiger partial charge >= 0.3 is 0 Å². The van der Waals surface area contributed by atoms with E-state index < -0.39 is 6.10 Å². The van der Waals surface area contributed by atoms with Crippen molar-refractivity contribution in [3.63, 3.8) is 0 Å². The average Bonchev–Trinajstić information content (AvgIpc) is 2.71. The molecular formula is C12H13Cl2NO3. The van der Waals surface area contributed by atoms with Gasteiger partial charge in [0.2, 0.25) is 0 Å². The first kappa shape index (κ1) is 13.5. The predicted molar refractivity (Wildman–Crippen MR) is 69.2 cm³/mol. The molecule has 2 rings (SSSR count). The number of benzene rings is 1. The number of hydrogen-bond acceptors (Lipinski definition) is 3. The van der Waals surface area contributed by atoms with E-state index in [1.807, 2.05) is 0 Å². The summed E-state index contributed by atoms with van der Waals surface area (Å²) in [7, 11) is 0. The number of ether oxygens (including phenoxy) is 1. The van der Waals surface area contributed by atoms with Gasteiger partial charge in [-0.1, -0.05) is 23.2 Å². The van der Waals surface area contributed by atoms with Gasteiger partial charge in [0.25, 0.3) is 5.91 Å². The van der Waals surface area contributed by atoms with Gasteiger partial charge in [-0.05, 0) is 24.6 Å². The molecule has 0 spiro atoms. The highest BCUT2D eigenvalue weighted by molar-refractivity contribution is 6.34. The van der Waals surface area contributed by atoms with Crippen molar-refractivity contribution >= 4 is 29.1 Å². The van der Waals surface area contributed by atoms with Crippen molar-refractivity contribution in [3.05, 3.63) is 28.2 Å². The van der Waals surface area contributed by atoms with Crippen molar-refractivity contribution in [1.82, 2.24) is 4.90 Å². The Bertz CT molecular complexity index is 433. The molecule has 98 valence electrons. The Kier molecular flexibility index (Phi) is 4.32. The summed E-state index contributed by atoms with van der Waals surface area (Å²) in [5, 5.41) is 10.3. The lowest BCUT2D eigenvalue weighted by molar-refractivity contribution is -0.132. The third-order valence-electron chi connectivity index (χ3n) is 2.71. The molecule has 18 heavy (non-hydrogen) atoms. The summed E-state index contributed by atoms with van der Waals surface area (Å²) in [5.74, 6) is 0.309. The molecule has 1 fully saturated rings. The second-order valence-electron chi connectivity index (χ2n) is 4.18. The number of aliphatic hydroxyl groups excluding tert-OH is 1. The Hall–Kier alpha value is -0.970. The fourth-order valence-electron chi connectivity index (χ4n) is 1.82. The largest absolute Gasteiger partial charge is 0.484 e. The molecule has 1 N–H and O–H groups in total. The van der Waals surface area contributed by atoms with Crippen LogP contribution in [0.4, 0.5) is 0 Å². The van der Waals surface area contributed by atoms with Gasteiger partial charge in [-0.15, -0.1) is 0 Å². The molecule has 1 aliphatic heterocycles. The number of nitrogens with zero attached hydrogens (tertiary/aromatic N) is 1. The predicted octanol–water partition coefficient (Wildman–Crippen LogP) is 1.97. The Morgan fingerprint density at radius 3 is 2.61 bits per heavy atom. The minimum atomic E-state index is -0.422. The minimum absolute atomic E-state index is 0.0800. The van der Waals surface area contributed by atoms with Gasteiger partial charge in [-0.25, -0.2) is 0 Å². The molecule has 1 amide bonds. The van der Waals surface area contributed by atoms with E-state index in [0.717, 1.165) is 0 Å². The normalized spacial score (nSPS) is 19.1. The van der Waals surface area contributed by atoms with Gasteiger partial charge in [-0.3, -0.25) is 4.79 Å². The molecule has 6 heteroatoms. The van der Waals surface area contributed by atoms with E-state index >= 15 is 0 Å². The van der Waals surface area contributed by atoms with Crippen LogP contribution in [0, 0.1) is 0 Å². The first-order chi connectivity index (χ1) is 8.54. The molecule has 0 aliphatic carbocycles. The quantitative estimate of drug-likeness (QED) is 0.926. The zero-order chi connectivity index (χ0) is 13.1. The molecule has 0 aromatic heterocycles. The number of carbonyl (C=O) groups is 1. The maximum Gasteiger partial charge on any atom is 0.260 e. The number of likely N-dealkylation sites (tertiary alicyclic amines) is 1. The maximum absolute atomic E-state index is 11.8. The smallest absolute Gasteiger partial charge is 0.260 e. The summed E-state index contributed by atoms with van der Waals surface area (Å²) in [4.78, 5) is 13.3. The van der Waals surface area contributed by atoms with Crippen LogP contribution in [0.25, 0.3) is 0 Å². The zero-order valence-electron chi connectivity index (χ0n) is 9.60. The first-order valence-electron chi connectivity index (χ1n) is 5.59. The van der Waals surface area contributed by atoms with Gasteiger partial charge in [0, 0.05) is 23.1 Å². The summed E-state index contributed by atoms with van der Waals surface area (Å²) in [6, 6.07) is 4.79. The van der Waals surface area contributed by atoms with E-state index in [2.05, 4.69) is 0 Å². The van der Waals surface area contributed by atoms with Crippen LogP contribution in [0.2, 0.25) is 10.0 Å². The summed E-state index contributed by atoms with van der Waals surface area (Å²) in [5.41, 5.74) is 0. The lowest BCUT2D eigenvalue weighted by Crippen LogP contribution is -2.33. The van der Waals surface area contributed by atoms with E-state index in [4.69, 9.17) is 27.9 Å². The third-order valence-corrected chi connectivity index (χ3v) is 3.15. The van der Waals surface area contributed by atoms with Crippen LogP contribution >= 0.6 is 23.2 Å². The molecule has 1 atom stereocenters. The molecule has 1 heterocycles. The Labute approximate surface area is 115 Å². The fraction of sp³-hybridized carbons (Fsp3) is 0.417. The van der Waals surface area contributed by atoms with Crippen LogP contribution < -0.4 is 4.74 Å². The minimum Gasteiger partial charge on any atom is -0.484 e. The number of aliphatic hydroxyl groups is 1. The number of amides is 1. The molecular weight excluding hydrogens is 277 g/mol. The second-order valence-corrected chi connectivity index (χ2v) is 5.05. The molecule has 1 aliphatic rings.